The lowest BCUT2D eigenvalue weighted by Gasteiger charge is -2.30. The molecule has 0 saturated carbocycles. The number of esters is 4. The van der Waals surface area contributed by atoms with E-state index in [1.807, 2.05) is 56.4 Å². The van der Waals surface area contributed by atoms with Crippen molar-refractivity contribution >= 4 is 129 Å². The van der Waals surface area contributed by atoms with Crippen LogP contribution in [-0.4, -0.2) is 168 Å². The van der Waals surface area contributed by atoms with Gasteiger partial charge in [-0.05, 0) is 190 Å². The number of aromatic amines is 1. The lowest BCUT2D eigenvalue weighted by molar-refractivity contribution is -0.117. The number of fused-ring (bicyclic) bond motifs is 5. The fourth-order valence-electron chi connectivity index (χ4n) is 12.6. The number of ketones is 2. The summed E-state index contributed by atoms with van der Waals surface area (Å²) in [6.45, 7) is 15.7. The third-order valence-electron chi connectivity index (χ3n) is 19.1. The molecule has 13 rings (SSSR count). The van der Waals surface area contributed by atoms with Gasteiger partial charge in [0, 0.05) is 56.7 Å². The number of rotatable bonds is 19. The maximum Gasteiger partial charge on any atom is 0.338 e. The SMILES string of the molecule is COC(=O)c1cc(C#C[Si](C)(C)C)c(N)c(OC)c1.COC(=O)c1cc(I)c(N)c(OC)c1.COC(=O)c1cc(OC)c2[nH]ccc2c1.COC(=O)c1cc2c(c(OC)c1)NC(=O)C2.COc1cc(C(=O)CCC(C)(O)c2cc3c(c(-c4ccc(F)cc4)n2)OCC3(C)NS(=O)C(C)(C)C)cc2c1CC(=O)C2.COc1cc(C(=O)O)cc2c1NC(=O)C2. The number of carboxylic acid groups (broad SMARTS) is 1. The van der Waals surface area contributed by atoms with Gasteiger partial charge in [-0.25, -0.2) is 42.3 Å². The van der Waals surface area contributed by atoms with Crippen LogP contribution < -0.4 is 60.0 Å². The number of nitrogens with one attached hydrogen (secondary N) is 4. The number of carbonyl (C=O) groups excluding carboxylic acids is 8. The Morgan fingerprint density at radius 3 is 1.61 bits per heavy atom. The number of carbonyl (C=O) groups is 9. The number of nitrogens with zero attached hydrogens (tertiary/aromatic N) is 1. The van der Waals surface area contributed by atoms with Crippen LogP contribution in [0.3, 0.4) is 0 Å². The Labute approximate surface area is 721 Å². The second-order valence-corrected chi connectivity index (χ2v) is 38.1. The highest BCUT2D eigenvalue weighted by Crippen LogP contribution is 2.46. The van der Waals surface area contributed by atoms with Gasteiger partial charge in [0.1, 0.15) is 72.1 Å². The average Bonchev–Trinajstić information content (AvgIpc) is 1.57. The lowest BCUT2D eigenvalue weighted by Crippen LogP contribution is -2.47. The molecule has 4 aliphatic rings. The summed E-state index contributed by atoms with van der Waals surface area (Å²) in [7, 11) is 11.4. The first kappa shape index (κ1) is 95.0. The second-order valence-electron chi connectivity index (χ2n) is 30.2. The summed E-state index contributed by atoms with van der Waals surface area (Å²) in [4.78, 5) is 112. The highest BCUT2D eigenvalue weighted by atomic mass is 127. The number of methoxy groups -OCH3 is 10. The van der Waals surface area contributed by atoms with Gasteiger partial charge in [-0.15, -0.1) is 5.54 Å². The molecule has 0 bridgehead atoms. The maximum absolute atomic E-state index is 13.8. The van der Waals surface area contributed by atoms with E-state index in [4.69, 9.17) is 59.5 Å². The third-order valence-corrected chi connectivity index (χ3v) is 22.6. The van der Waals surface area contributed by atoms with Gasteiger partial charge in [0.25, 0.3) is 0 Å². The minimum atomic E-state index is -1.54. The Kier molecular flexibility index (Phi) is 31.7. The molecule has 9 aromatic rings. The number of benzene rings is 7. The molecule has 30 nitrogen and oxygen atoms in total. The van der Waals surface area contributed by atoms with Crippen molar-refractivity contribution in [3.05, 3.63) is 197 Å². The average molecular weight is 1830 g/mol. The minimum absolute atomic E-state index is 0.00753. The Morgan fingerprint density at radius 2 is 1.09 bits per heavy atom. The number of Topliss-reactive ketones (excluding diaryl/α,β-unsaturated/α-hetero) is 2. The first-order valence-corrected chi connectivity index (χ1v) is 43.2. The minimum Gasteiger partial charge on any atom is -0.496 e. The molecule has 7 aromatic carbocycles. The van der Waals surface area contributed by atoms with Crippen LogP contribution in [0.25, 0.3) is 22.2 Å². The number of carboxylic acids is 1. The summed E-state index contributed by atoms with van der Waals surface area (Å²) in [5.74, 6) is 2.99. The standard InChI is InChI=1S/C33H37FN2O6S.C14H19NO3Si.C11H11NO4.C11H11NO3.C10H9NO4.C9H10INO3/c1-31(2,3)43(40)36-32(4)18-42-30-25(32)17-28(35-29(30)19-7-9-22(34)10-8-19)33(5,39)12-11-26(38)21-13-20-14-23(37)16-24(20)27(15-21)41-6;1-17-12-9-11(14(16)18-2)8-10(13(12)15)6-7-19(3,4)5;1-15-8-4-7(11(14)16-2)3-6-5-9(13)12-10(6)8;1-14-9-6-8(11(13)15-2)5-7-3-4-12-10(7)9;1-15-7-3-6(10(13)14)2-5-4-8(12)11-9(5)7;1-13-7-4-5(9(12)14-2)3-6(10)8(7)11/h7-10,13,15,17,36,39H,11-12,14,16,18H2,1-6H3;8-9H,15H2,1-5H3;3-4H,5H2,1-2H3,(H,12,13);3-6,12H,1-2H3;2-3H,4H2,1H3,(H,11,12)(H,13,14);3-4H,11H2,1-2H3. The molecule has 3 aliphatic heterocycles. The zero-order chi connectivity index (χ0) is 90.2. The molecule has 3 unspecified atom stereocenters. The molecule has 5 heterocycles. The molecule has 2 amide bonds. The number of nitrogens with two attached hydrogens (primary N) is 2. The summed E-state index contributed by atoms with van der Waals surface area (Å²) in [5.41, 5.74) is 23.4. The van der Waals surface area contributed by atoms with Gasteiger partial charge in [0.15, 0.2) is 11.5 Å². The van der Waals surface area contributed by atoms with E-state index < -0.39 is 64.6 Å². The smallest absolute Gasteiger partial charge is 0.338 e. The van der Waals surface area contributed by atoms with Gasteiger partial charge in [0.2, 0.25) is 11.8 Å². The quantitative estimate of drug-likeness (QED) is 0.00709. The number of aliphatic hydroxyl groups is 1. The lowest BCUT2D eigenvalue weighted by atomic mass is 9.87. The van der Waals surface area contributed by atoms with E-state index in [-0.39, 0.29) is 73.6 Å². The van der Waals surface area contributed by atoms with Crippen molar-refractivity contribution in [2.45, 2.75) is 109 Å². The predicted molar refractivity (Wildman–Crippen MR) is 468 cm³/mol. The number of aromatic carboxylic acids is 1. The van der Waals surface area contributed by atoms with E-state index in [9.17, 15) is 56.9 Å². The fourth-order valence-corrected chi connectivity index (χ4v) is 14.6. The number of nitrogen functional groups attached to an aromatic ring is 2. The van der Waals surface area contributed by atoms with Crippen molar-refractivity contribution in [1.82, 2.24) is 14.7 Å². The molecule has 3 atom stereocenters. The first-order valence-electron chi connectivity index (χ1n) is 37.5. The molecular formula is C88H97FIN7O23SSi. The van der Waals surface area contributed by atoms with Gasteiger partial charge in [-0.2, -0.15) is 0 Å². The van der Waals surface area contributed by atoms with Crippen LogP contribution in [0, 0.1) is 20.9 Å². The van der Waals surface area contributed by atoms with Crippen molar-refractivity contribution < 1.29 is 114 Å². The van der Waals surface area contributed by atoms with E-state index in [1.165, 1.54) is 88.3 Å². The molecule has 0 spiro atoms. The van der Waals surface area contributed by atoms with Crippen molar-refractivity contribution in [3.8, 4) is 63.0 Å². The highest BCUT2D eigenvalue weighted by Gasteiger charge is 2.44. The molecule has 0 fully saturated rings. The normalized spacial score (nSPS) is 14.3. The second kappa shape index (κ2) is 40.8. The summed E-state index contributed by atoms with van der Waals surface area (Å²) in [6.07, 6.45) is 2.89. The predicted octanol–water partition coefficient (Wildman–Crippen LogP) is 12.9. The van der Waals surface area contributed by atoms with Gasteiger partial charge < -0.3 is 89.4 Å². The van der Waals surface area contributed by atoms with Crippen molar-refractivity contribution in [3.63, 3.8) is 0 Å². The van der Waals surface area contributed by atoms with Crippen molar-refractivity contribution in [2.24, 2.45) is 0 Å². The molecule has 2 aromatic heterocycles. The van der Waals surface area contributed by atoms with E-state index >= 15 is 0 Å². The van der Waals surface area contributed by atoms with Crippen LogP contribution in [0.4, 0.5) is 27.1 Å². The zero-order valence-electron chi connectivity index (χ0n) is 70.7. The van der Waals surface area contributed by atoms with E-state index in [0.717, 1.165) is 31.2 Å². The van der Waals surface area contributed by atoms with Crippen LogP contribution in [0.2, 0.25) is 19.6 Å². The fraction of sp³-hybridized carbons (Fsp3) is 0.318. The van der Waals surface area contributed by atoms with Gasteiger partial charge in [-0.3, -0.25) is 19.2 Å². The number of H-pyrrole nitrogens is 1. The van der Waals surface area contributed by atoms with Gasteiger partial charge >= 0.3 is 29.8 Å². The maximum atomic E-state index is 13.8. The highest BCUT2D eigenvalue weighted by molar-refractivity contribution is 14.1. The zero-order valence-corrected chi connectivity index (χ0v) is 74.6. The monoisotopic (exact) mass is 1830 g/mol. The first-order chi connectivity index (χ1) is 57.5. The largest absolute Gasteiger partial charge is 0.496 e. The van der Waals surface area contributed by atoms with Crippen molar-refractivity contribution in [1.29, 1.82) is 0 Å². The van der Waals surface area contributed by atoms with Crippen LogP contribution >= 0.6 is 22.6 Å². The van der Waals surface area contributed by atoms with Crippen LogP contribution in [-0.2, 0) is 81.1 Å². The Morgan fingerprint density at radius 1 is 0.615 bits per heavy atom. The Balaban J connectivity index is 0.000000196. The third kappa shape index (κ3) is 23.4. The number of amides is 2. The van der Waals surface area contributed by atoms with Gasteiger partial charge in [0.05, 0.1) is 173 Å². The van der Waals surface area contributed by atoms with Crippen LogP contribution in [0.15, 0.2) is 115 Å². The number of hydrogen-bond acceptors (Lipinski definition) is 25. The van der Waals surface area contributed by atoms with Crippen molar-refractivity contribution in [2.75, 3.05) is 99.8 Å². The molecule has 122 heavy (non-hydrogen) atoms. The summed E-state index contributed by atoms with van der Waals surface area (Å²) >= 11 is 2.04. The molecule has 0 radical (unpaired) electrons. The van der Waals surface area contributed by atoms with E-state index in [2.05, 4.69) is 65.7 Å². The number of ether oxygens (including phenoxy) is 11. The summed E-state index contributed by atoms with van der Waals surface area (Å²) < 4.78 is 86.0. The van der Waals surface area contributed by atoms with Gasteiger partial charge in [-0.1, -0.05) is 25.6 Å². The molecular weight excluding hydrogens is 1730 g/mol. The number of anilines is 4. The summed E-state index contributed by atoms with van der Waals surface area (Å²) in [5, 5.41) is 26.8. The molecule has 10 N–H and O–H groups in total. The Bertz CT molecular complexity index is 5640. The summed E-state index contributed by atoms with van der Waals surface area (Å²) in [6, 6.07) is 28.7. The molecule has 34 heteroatoms. The number of aromatic nitrogens is 2. The molecule has 1 aliphatic carbocycles. The number of pyridine rings is 1. The topological polar surface area (TPSA) is 429 Å². The van der Waals surface area contributed by atoms with Crippen LogP contribution in [0.5, 0.6) is 40.2 Å². The van der Waals surface area contributed by atoms with E-state index in [0.29, 0.717) is 131 Å². The number of hydrogen-bond donors (Lipinski definition) is 8. The number of halogens is 2. The molecule has 0 saturated heterocycles. The van der Waals surface area contributed by atoms with Crippen LogP contribution in [0.1, 0.15) is 149 Å². The van der Waals surface area contributed by atoms with E-state index in [1.54, 1.807) is 99.1 Å². The Hall–Kier alpha value is -12.4. The molecule has 646 valence electrons.